The van der Waals surface area contributed by atoms with E-state index in [1.54, 1.807) is 0 Å². The third-order valence-corrected chi connectivity index (χ3v) is 4.90. The van der Waals surface area contributed by atoms with Crippen LogP contribution in [0.5, 0.6) is 0 Å². The molecule has 1 aliphatic rings. The van der Waals surface area contributed by atoms with Crippen molar-refractivity contribution in [1.29, 1.82) is 0 Å². The maximum atomic E-state index is 11.3. The van der Waals surface area contributed by atoms with Crippen molar-refractivity contribution >= 4 is 39.8 Å². The van der Waals surface area contributed by atoms with E-state index in [0.29, 0.717) is 6.54 Å². The van der Waals surface area contributed by atoms with Gasteiger partial charge < -0.3 is 15.4 Å². The van der Waals surface area contributed by atoms with Crippen LogP contribution in [0.3, 0.4) is 0 Å². The fourth-order valence-corrected chi connectivity index (χ4v) is 3.51. The number of nitrogens with zero attached hydrogens (tertiary/aromatic N) is 2. The average molecular weight is 510 g/mol. The molecule has 2 N–H and O–H groups in total. The molecule has 27 heavy (non-hydrogen) atoms. The van der Waals surface area contributed by atoms with Crippen LogP contribution in [0.25, 0.3) is 0 Å². The van der Waals surface area contributed by atoms with Crippen LogP contribution in [0.1, 0.15) is 18.1 Å². The largest absolute Gasteiger partial charge is 0.379 e. The predicted octanol–water partition coefficient (Wildman–Crippen LogP) is 1.24. The van der Waals surface area contributed by atoms with Gasteiger partial charge in [0, 0.05) is 39.0 Å². The van der Waals surface area contributed by atoms with Gasteiger partial charge in [0.2, 0.25) is 0 Å². The molecule has 0 aromatic heterocycles. The fourth-order valence-electron chi connectivity index (χ4n) is 2.71. The highest BCUT2D eigenvalue weighted by molar-refractivity contribution is 14.0. The van der Waals surface area contributed by atoms with Crippen molar-refractivity contribution in [2.24, 2.45) is 4.99 Å². The standard InChI is InChI=1S/C18H30N4O3S.HI/c1-3-19-18(20-8-9-22-10-12-25-13-11-22)21-14-16-4-6-17(7-5-16)15-26(2,23)24;/h4-7H,3,8-15H2,1-2H3,(H2,19,20,21);1H. The fraction of sp³-hybridized carbons (Fsp3) is 0.611. The van der Waals surface area contributed by atoms with Crippen molar-refractivity contribution in [3.8, 4) is 0 Å². The summed E-state index contributed by atoms with van der Waals surface area (Å²) in [6, 6.07) is 7.57. The maximum Gasteiger partial charge on any atom is 0.191 e. The summed E-state index contributed by atoms with van der Waals surface area (Å²) in [4.78, 5) is 6.98. The molecule has 0 spiro atoms. The number of benzene rings is 1. The topological polar surface area (TPSA) is 83.0 Å². The van der Waals surface area contributed by atoms with E-state index in [9.17, 15) is 8.42 Å². The minimum absolute atomic E-state index is 0. The van der Waals surface area contributed by atoms with E-state index in [0.717, 1.165) is 63.0 Å². The van der Waals surface area contributed by atoms with Crippen molar-refractivity contribution in [1.82, 2.24) is 15.5 Å². The Kier molecular flexibility index (Phi) is 11.2. The Bertz CT molecular complexity index is 674. The number of aliphatic imine (C=N–C) groups is 1. The smallest absolute Gasteiger partial charge is 0.191 e. The van der Waals surface area contributed by atoms with E-state index >= 15 is 0 Å². The predicted molar refractivity (Wildman–Crippen MR) is 120 cm³/mol. The van der Waals surface area contributed by atoms with Gasteiger partial charge in [-0.15, -0.1) is 24.0 Å². The normalized spacial score (nSPS) is 15.9. The lowest BCUT2D eigenvalue weighted by atomic mass is 10.1. The molecule has 0 amide bonds. The SMILES string of the molecule is CCNC(=NCc1ccc(CS(C)(=O)=O)cc1)NCCN1CCOCC1.I. The molecule has 0 saturated carbocycles. The molecule has 1 aromatic carbocycles. The molecule has 0 bridgehead atoms. The van der Waals surface area contributed by atoms with Crippen molar-refractivity contribution in [3.05, 3.63) is 35.4 Å². The Hall–Kier alpha value is -0.910. The first-order chi connectivity index (χ1) is 12.5. The van der Waals surface area contributed by atoms with Crippen LogP contribution in [0.2, 0.25) is 0 Å². The van der Waals surface area contributed by atoms with E-state index in [4.69, 9.17) is 4.74 Å². The van der Waals surface area contributed by atoms with Crippen LogP contribution < -0.4 is 10.6 Å². The lowest BCUT2D eigenvalue weighted by molar-refractivity contribution is 0.0389. The minimum Gasteiger partial charge on any atom is -0.379 e. The summed E-state index contributed by atoms with van der Waals surface area (Å²) < 4.78 is 28.0. The molecule has 1 saturated heterocycles. The van der Waals surface area contributed by atoms with Gasteiger partial charge >= 0.3 is 0 Å². The molecular weight excluding hydrogens is 479 g/mol. The Balaban J connectivity index is 0.00000364. The molecule has 1 aromatic rings. The Labute approximate surface area is 179 Å². The zero-order chi connectivity index (χ0) is 18.8. The lowest BCUT2D eigenvalue weighted by Gasteiger charge is -2.26. The Morgan fingerprint density at radius 1 is 1.15 bits per heavy atom. The van der Waals surface area contributed by atoms with Crippen molar-refractivity contribution in [3.63, 3.8) is 0 Å². The van der Waals surface area contributed by atoms with Gasteiger partial charge in [-0.2, -0.15) is 0 Å². The molecule has 1 fully saturated rings. The number of hydrogen-bond acceptors (Lipinski definition) is 5. The van der Waals surface area contributed by atoms with Crippen molar-refractivity contribution < 1.29 is 13.2 Å². The summed E-state index contributed by atoms with van der Waals surface area (Å²) in [7, 11) is -3.00. The Morgan fingerprint density at radius 3 is 2.37 bits per heavy atom. The highest BCUT2D eigenvalue weighted by Crippen LogP contribution is 2.08. The van der Waals surface area contributed by atoms with Gasteiger partial charge in [0.15, 0.2) is 15.8 Å². The first-order valence-electron chi connectivity index (χ1n) is 9.04. The van der Waals surface area contributed by atoms with E-state index in [1.165, 1.54) is 6.26 Å². The summed E-state index contributed by atoms with van der Waals surface area (Å²) in [5, 5.41) is 6.61. The number of sulfone groups is 1. The number of guanidine groups is 1. The Morgan fingerprint density at radius 2 is 1.78 bits per heavy atom. The molecule has 154 valence electrons. The van der Waals surface area contributed by atoms with Gasteiger partial charge in [-0.05, 0) is 18.1 Å². The quantitative estimate of drug-likeness (QED) is 0.311. The average Bonchev–Trinajstić information content (AvgIpc) is 2.60. The number of halogens is 1. The maximum absolute atomic E-state index is 11.3. The van der Waals surface area contributed by atoms with Crippen LogP contribution >= 0.6 is 24.0 Å². The summed E-state index contributed by atoms with van der Waals surface area (Å²) >= 11 is 0. The number of ether oxygens (including phenoxy) is 1. The monoisotopic (exact) mass is 510 g/mol. The highest BCUT2D eigenvalue weighted by atomic mass is 127. The van der Waals surface area contributed by atoms with Gasteiger partial charge in [-0.3, -0.25) is 4.90 Å². The lowest BCUT2D eigenvalue weighted by Crippen LogP contribution is -2.44. The molecule has 0 aliphatic carbocycles. The van der Waals surface area contributed by atoms with Crippen LogP contribution in [-0.4, -0.2) is 71.5 Å². The number of nitrogens with one attached hydrogen (secondary N) is 2. The van der Waals surface area contributed by atoms with E-state index in [-0.39, 0.29) is 29.7 Å². The van der Waals surface area contributed by atoms with E-state index < -0.39 is 9.84 Å². The van der Waals surface area contributed by atoms with Crippen LogP contribution in [0.15, 0.2) is 29.3 Å². The second-order valence-corrected chi connectivity index (χ2v) is 8.60. The van der Waals surface area contributed by atoms with Gasteiger partial charge in [0.1, 0.15) is 0 Å². The van der Waals surface area contributed by atoms with Crippen molar-refractivity contribution in [2.75, 3.05) is 52.2 Å². The molecule has 7 nitrogen and oxygen atoms in total. The molecule has 2 rings (SSSR count). The van der Waals surface area contributed by atoms with Crippen molar-refractivity contribution in [2.45, 2.75) is 19.2 Å². The number of morpholine rings is 1. The van der Waals surface area contributed by atoms with E-state index in [2.05, 4.69) is 20.5 Å². The zero-order valence-corrected chi connectivity index (χ0v) is 19.3. The molecule has 1 heterocycles. The van der Waals surface area contributed by atoms with Gasteiger partial charge in [-0.1, -0.05) is 24.3 Å². The van der Waals surface area contributed by atoms with Crippen LogP contribution in [0.4, 0.5) is 0 Å². The molecule has 0 radical (unpaired) electrons. The highest BCUT2D eigenvalue weighted by Gasteiger charge is 2.09. The second kappa shape index (κ2) is 12.5. The molecule has 1 aliphatic heterocycles. The first-order valence-corrected chi connectivity index (χ1v) is 11.1. The molecular formula is C18H31IN4O3S. The molecule has 9 heteroatoms. The first kappa shape index (κ1) is 24.1. The summed E-state index contributed by atoms with van der Waals surface area (Å²) in [5.41, 5.74) is 1.85. The number of rotatable bonds is 8. The summed E-state index contributed by atoms with van der Waals surface area (Å²) in [5.74, 6) is 0.864. The van der Waals surface area contributed by atoms with E-state index in [1.807, 2.05) is 31.2 Å². The van der Waals surface area contributed by atoms with Gasteiger partial charge in [0.05, 0.1) is 25.5 Å². The van der Waals surface area contributed by atoms with Gasteiger partial charge in [-0.25, -0.2) is 13.4 Å². The third-order valence-electron chi connectivity index (χ3n) is 4.04. The van der Waals surface area contributed by atoms with Crippen LogP contribution in [-0.2, 0) is 26.9 Å². The second-order valence-electron chi connectivity index (χ2n) is 6.46. The zero-order valence-electron chi connectivity index (χ0n) is 16.1. The van der Waals surface area contributed by atoms with Gasteiger partial charge in [0.25, 0.3) is 0 Å². The molecule has 0 unspecified atom stereocenters. The minimum atomic E-state index is -3.00. The molecule has 0 atom stereocenters. The van der Waals surface area contributed by atoms with Crippen LogP contribution in [0, 0.1) is 0 Å². The summed E-state index contributed by atoms with van der Waals surface area (Å²) in [6.07, 6.45) is 1.25. The number of hydrogen-bond donors (Lipinski definition) is 2. The summed E-state index contributed by atoms with van der Waals surface area (Å²) in [6.45, 7) is 8.77. The third kappa shape index (κ3) is 10.3.